The molecule has 0 radical (unpaired) electrons. The Morgan fingerprint density at radius 2 is 1.85 bits per heavy atom. The highest BCUT2D eigenvalue weighted by Crippen LogP contribution is 2.38. The highest BCUT2D eigenvalue weighted by Gasteiger charge is 2.45. The Morgan fingerprint density at radius 1 is 1.12 bits per heavy atom. The summed E-state index contributed by atoms with van der Waals surface area (Å²) in [4.78, 5) is 56.0. The van der Waals surface area contributed by atoms with Crippen LogP contribution in [0.5, 0.6) is 5.75 Å². The molecule has 0 spiro atoms. The minimum absolute atomic E-state index is 0.000725. The number of aliphatic hydroxyl groups is 1. The summed E-state index contributed by atoms with van der Waals surface area (Å²) in [5, 5.41) is 25.7. The van der Waals surface area contributed by atoms with Crippen molar-refractivity contribution in [2.24, 2.45) is 5.92 Å². The summed E-state index contributed by atoms with van der Waals surface area (Å²) in [6, 6.07) is 10.3. The Labute approximate surface area is 239 Å². The van der Waals surface area contributed by atoms with Gasteiger partial charge in [0.2, 0.25) is 5.91 Å². The highest BCUT2D eigenvalue weighted by molar-refractivity contribution is 5.97. The molecule has 41 heavy (non-hydrogen) atoms. The molecule has 3 rings (SSSR count). The molecular weight excluding hydrogens is 532 g/mol. The summed E-state index contributed by atoms with van der Waals surface area (Å²) in [5.74, 6) is -2.07. The zero-order chi connectivity index (χ0) is 30.3. The first kappa shape index (κ1) is 31.5. The van der Waals surface area contributed by atoms with E-state index in [2.05, 4.69) is 10.6 Å². The van der Waals surface area contributed by atoms with Crippen molar-refractivity contribution in [2.75, 3.05) is 46.3 Å². The molecule has 0 aliphatic carbocycles. The van der Waals surface area contributed by atoms with E-state index in [0.29, 0.717) is 16.9 Å². The second kappa shape index (κ2) is 14.1. The van der Waals surface area contributed by atoms with Gasteiger partial charge in [-0.2, -0.15) is 5.06 Å². The fraction of sp³-hybridized carbons (Fsp3) is 0.448. The molecule has 222 valence electrons. The van der Waals surface area contributed by atoms with E-state index < -0.39 is 29.9 Å². The number of carbonyl (C=O) groups is 4. The Morgan fingerprint density at radius 3 is 2.44 bits per heavy atom. The molecule has 2 aromatic rings. The van der Waals surface area contributed by atoms with Crippen LogP contribution in [-0.2, 0) is 25.8 Å². The molecule has 12 heteroatoms. The van der Waals surface area contributed by atoms with Crippen molar-refractivity contribution in [2.45, 2.75) is 38.5 Å². The van der Waals surface area contributed by atoms with E-state index in [9.17, 15) is 24.3 Å². The maximum Gasteiger partial charge on any atom is 0.303 e. The third-order valence-electron chi connectivity index (χ3n) is 7.02. The molecule has 1 saturated heterocycles. The molecule has 1 aliphatic rings. The number of amides is 2. The van der Waals surface area contributed by atoms with Crippen LogP contribution in [-0.4, -0.2) is 92.4 Å². The zero-order valence-electron chi connectivity index (χ0n) is 24.0. The van der Waals surface area contributed by atoms with Crippen LogP contribution in [0.15, 0.2) is 36.4 Å². The predicted molar refractivity (Wildman–Crippen MR) is 151 cm³/mol. The molecular formula is C29H38N4O8. The first-order valence-electron chi connectivity index (χ1n) is 13.2. The summed E-state index contributed by atoms with van der Waals surface area (Å²) in [6.07, 6.45) is -1.20. The maximum atomic E-state index is 12.7. The minimum atomic E-state index is -1.08. The van der Waals surface area contributed by atoms with E-state index in [-0.39, 0.29) is 44.2 Å². The lowest BCUT2D eigenvalue weighted by atomic mass is 9.92. The van der Waals surface area contributed by atoms with Crippen molar-refractivity contribution in [1.82, 2.24) is 15.7 Å². The van der Waals surface area contributed by atoms with Gasteiger partial charge in [0.05, 0.1) is 26.7 Å². The smallest absolute Gasteiger partial charge is 0.303 e. The third-order valence-corrected chi connectivity index (χ3v) is 7.02. The number of anilines is 1. The van der Waals surface area contributed by atoms with Crippen LogP contribution in [0.4, 0.5) is 5.69 Å². The molecule has 2 aromatic carbocycles. The third kappa shape index (κ3) is 7.60. The number of ketones is 1. The number of carbonyl (C=O) groups excluding carboxylic acids is 3. The Kier molecular flexibility index (Phi) is 10.8. The maximum absolute atomic E-state index is 12.7. The number of carboxylic acid groups (broad SMARTS) is 1. The lowest BCUT2D eigenvalue weighted by Crippen LogP contribution is -2.41. The van der Waals surface area contributed by atoms with Gasteiger partial charge in [0, 0.05) is 62.4 Å². The number of hydroxylamine groups is 2. The largest absolute Gasteiger partial charge is 0.496 e. The standard InChI is InChI=1S/C29H38N4O8/c1-17(35)27-23(16-34)24(14-31-25(36)9-10-26(37)38)41-33(27)15-18-7-6-8-22(28(18)40-5)19-11-20(29(39)30-2)13-21(12-19)32(3)4/h6-8,11-13,23-24,27,34H,9-10,14-16H2,1-5H3,(H,30,39)(H,31,36)(H,37,38)/t23-,24+,27-/m1/s1. The predicted octanol–water partition coefficient (Wildman–Crippen LogP) is 1.45. The zero-order valence-corrected chi connectivity index (χ0v) is 24.0. The van der Waals surface area contributed by atoms with Gasteiger partial charge >= 0.3 is 5.97 Å². The van der Waals surface area contributed by atoms with Crippen molar-refractivity contribution in [3.63, 3.8) is 0 Å². The van der Waals surface area contributed by atoms with Gasteiger partial charge in [-0.15, -0.1) is 0 Å². The molecule has 1 aliphatic heterocycles. The topological polar surface area (TPSA) is 158 Å². The Hall–Kier alpha value is -4.00. The average molecular weight is 571 g/mol. The molecule has 0 unspecified atom stereocenters. The second-order valence-corrected chi connectivity index (χ2v) is 10.1. The van der Waals surface area contributed by atoms with Gasteiger partial charge in [0.1, 0.15) is 23.7 Å². The number of benzene rings is 2. The SMILES string of the molecule is CNC(=O)c1cc(-c2cccc(CN3O[C@@H](CNC(=O)CCC(=O)O)[C@@H](CO)[C@H]3C(C)=O)c2OC)cc(N(C)C)c1. The number of para-hydroxylation sites is 1. The summed E-state index contributed by atoms with van der Waals surface area (Å²) in [6.45, 7) is 1.20. The van der Waals surface area contributed by atoms with Crippen LogP contribution in [0.25, 0.3) is 11.1 Å². The van der Waals surface area contributed by atoms with Crippen LogP contribution in [0.1, 0.15) is 35.7 Å². The fourth-order valence-electron chi connectivity index (χ4n) is 4.95. The number of rotatable bonds is 13. The van der Waals surface area contributed by atoms with E-state index in [1.807, 2.05) is 43.3 Å². The van der Waals surface area contributed by atoms with Crippen LogP contribution < -0.4 is 20.3 Å². The van der Waals surface area contributed by atoms with Crippen LogP contribution >= 0.6 is 0 Å². The van der Waals surface area contributed by atoms with Crippen molar-refractivity contribution in [3.05, 3.63) is 47.5 Å². The summed E-state index contributed by atoms with van der Waals surface area (Å²) < 4.78 is 5.83. The van der Waals surface area contributed by atoms with Gasteiger partial charge in [0.15, 0.2) is 0 Å². The number of aliphatic carboxylic acids is 1. The quantitative estimate of drug-likeness (QED) is 0.278. The Bertz CT molecular complexity index is 1280. The summed E-state index contributed by atoms with van der Waals surface area (Å²) in [7, 11) is 6.88. The Balaban J connectivity index is 1.92. The normalized spacial score (nSPS) is 18.5. The number of carboxylic acids is 1. The van der Waals surface area contributed by atoms with Crippen LogP contribution in [0.3, 0.4) is 0 Å². The van der Waals surface area contributed by atoms with E-state index in [0.717, 1.165) is 16.8 Å². The van der Waals surface area contributed by atoms with Gasteiger partial charge in [-0.1, -0.05) is 18.2 Å². The minimum Gasteiger partial charge on any atom is -0.496 e. The molecule has 0 saturated carbocycles. The molecule has 2 amide bonds. The number of hydrogen-bond acceptors (Lipinski definition) is 9. The number of hydrogen-bond donors (Lipinski definition) is 4. The lowest BCUT2D eigenvalue weighted by molar-refractivity contribution is -0.173. The average Bonchev–Trinajstić information content (AvgIpc) is 3.31. The molecule has 3 atom stereocenters. The van der Waals surface area contributed by atoms with Crippen molar-refractivity contribution >= 4 is 29.3 Å². The number of nitrogens with one attached hydrogen (secondary N) is 2. The number of Topliss-reactive ketones (excluding diaryl/α,β-unsaturated/α-hetero) is 1. The lowest BCUT2D eigenvalue weighted by Gasteiger charge is -2.24. The highest BCUT2D eigenvalue weighted by atomic mass is 16.7. The summed E-state index contributed by atoms with van der Waals surface area (Å²) >= 11 is 0. The molecule has 1 heterocycles. The van der Waals surface area contributed by atoms with Crippen molar-refractivity contribution in [1.29, 1.82) is 0 Å². The molecule has 1 fully saturated rings. The van der Waals surface area contributed by atoms with Gasteiger partial charge < -0.3 is 30.5 Å². The van der Waals surface area contributed by atoms with E-state index >= 15 is 0 Å². The van der Waals surface area contributed by atoms with E-state index in [4.69, 9.17) is 14.7 Å². The fourth-order valence-corrected chi connectivity index (χ4v) is 4.95. The van der Waals surface area contributed by atoms with Gasteiger partial charge in [-0.3, -0.25) is 24.0 Å². The summed E-state index contributed by atoms with van der Waals surface area (Å²) in [5.41, 5.74) is 3.51. The van der Waals surface area contributed by atoms with Crippen molar-refractivity contribution in [3.8, 4) is 16.9 Å². The molecule has 0 bridgehead atoms. The first-order valence-corrected chi connectivity index (χ1v) is 13.2. The number of methoxy groups -OCH3 is 1. The number of nitrogens with zero attached hydrogens (tertiary/aromatic N) is 2. The van der Waals surface area contributed by atoms with Gasteiger partial charge in [-0.25, -0.2) is 0 Å². The molecule has 0 aromatic heterocycles. The van der Waals surface area contributed by atoms with Gasteiger partial charge in [0.25, 0.3) is 5.91 Å². The number of aliphatic hydroxyl groups excluding tert-OH is 1. The van der Waals surface area contributed by atoms with E-state index in [1.165, 1.54) is 19.1 Å². The van der Waals surface area contributed by atoms with Crippen molar-refractivity contribution < 1.29 is 39.0 Å². The monoisotopic (exact) mass is 570 g/mol. The molecule has 12 nitrogen and oxygen atoms in total. The molecule has 4 N–H and O–H groups in total. The van der Waals surface area contributed by atoms with Gasteiger partial charge in [-0.05, 0) is 30.7 Å². The van der Waals surface area contributed by atoms with E-state index in [1.54, 1.807) is 19.2 Å². The van der Waals surface area contributed by atoms with Crippen LogP contribution in [0, 0.1) is 5.92 Å². The second-order valence-electron chi connectivity index (χ2n) is 10.1. The number of ether oxygens (including phenoxy) is 1. The first-order chi connectivity index (χ1) is 19.5. The van der Waals surface area contributed by atoms with Crippen LogP contribution in [0.2, 0.25) is 0 Å².